The highest BCUT2D eigenvalue weighted by atomic mass is 16.2. The maximum absolute atomic E-state index is 13.8. The third-order valence-electron chi connectivity index (χ3n) is 6.63. The molecule has 3 heterocycles. The van der Waals surface area contributed by atoms with Crippen LogP contribution < -0.4 is 10.5 Å². The summed E-state index contributed by atoms with van der Waals surface area (Å²) in [5, 5.41) is 6.92. The van der Waals surface area contributed by atoms with Gasteiger partial charge in [-0.25, -0.2) is 10.1 Å². The Kier molecular flexibility index (Phi) is 5.90. The molecule has 1 saturated heterocycles. The molecule has 1 amide bonds. The molecule has 0 bridgehead atoms. The van der Waals surface area contributed by atoms with Crippen molar-refractivity contribution in [1.29, 1.82) is 0 Å². The van der Waals surface area contributed by atoms with E-state index >= 15 is 0 Å². The molecule has 1 aliphatic heterocycles. The molecule has 2 aromatic heterocycles. The molecule has 0 radical (unpaired) electrons. The second-order valence-corrected chi connectivity index (χ2v) is 8.88. The molecular weight excluding hydrogens is 464 g/mol. The Bertz CT molecular complexity index is 1630. The van der Waals surface area contributed by atoms with Crippen LogP contribution in [0.3, 0.4) is 0 Å². The predicted molar refractivity (Wildman–Crippen MR) is 143 cm³/mol. The summed E-state index contributed by atoms with van der Waals surface area (Å²) in [5.41, 5.74) is 4.01. The summed E-state index contributed by atoms with van der Waals surface area (Å²) in [6, 6.07) is 26.8. The summed E-state index contributed by atoms with van der Waals surface area (Å²) in [6.45, 7) is 2.11. The Balaban J connectivity index is 1.32. The molecule has 5 aromatic rings. The average molecular weight is 489 g/mol. The van der Waals surface area contributed by atoms with E-state index in [1.165, 1.54) is 0 Å². The number of para-hydroxylation sites is 2. The van der Waals surface area contributed by atoms with Crippen LogP contribution in [-0.4, -0.2) is 57.2 Å². The van der Waals surface area contributed by atoms with E-state index in [4.69, 9.17) is 4.98 Å². The van der Waals surface area contributed by atoms with Crippen LogP contribution in [0.2, 0.25) is 0 Å². The van der Waals surface area contributed by atoms with E-state index < -0.39 is 5.56 Å². The van der Waals surface area contributed by atoms with Gasteiger partial charge in [-0.3, -0.25) is 14.6 Å². The smallest absolute Gasteiger partial charge is 0.277 e. The summed E-state index contributed by atoms with van der Waals surface area (Å²) in [5.74, 6) is 0.479. The number of hydrogen-bond donors (Lipinski definition) is 1. The first-order valence-electron chi connectivity index (χ1n) is 12.2. The Labute approximate surface area is 213 Å². The number of rotatable bonds is 4. The maximum Gasteiger partial charge on any atom is 0.277 e. The lowest BCUT2D eigenvalue weighted by Crippen LogP contribution is -2.50. The Morgan fingerprint density at radius 1 is 0.757 bits per heavy atom. The van der Waals surface area contributed by atoms with Gasteiger partial charge in [-0.1, -0.05) is 72.8 Å². The number of carbonyl (C=O) groups excluding carboxylic acids is 1. The molecule has 0 spiro atoms. The molecule has 1 aliphatic rings. The third kappa shape index (κ3) is 4.33. The number of carbonyl (C=O) groups is 1. The van der Waals surface area contributed by atoms with Gasteiger partial charge in [0.15, 0.2) is 0 Å². The monoisotopic (exact) mass is 488 g/mol. The number of nitrogens with one attached hydrogen (secondary N) is 1. The molecule has 1 fully saturated rings. The fraction of sp³-hybridized carbons (Fsp3) is 0.138. The molecule has 1 N–H and O–H groups in total. The molecule has 6 rings (SSSR count). The van der Waals surface area contributed by atoms with Gasteiger partial charge in [-0.05, 0) is 17.7 Å². The van der Waals surface area contributed by atoms with Crippen molar-refractivity contribution < 1.29 is 4.79 Å². The highest BCUT2D eigenvalue weighted by molar-refractivity contribution is 6.03. The van der Waals surface area contributed by atoms with Crippen LogP contribution in [0.1, 0.15) is 10.4 Å². The average Bonchev–Trinajstić information content (AvgIpc) is 2.97. The predicted octanol–water partition coefficient (Wildman–Crippen LogP) is 4.01. The van der Waals surface area contributed by atoms with E-state index in [1.807, 2.05) is 84.9 Å². The molecule has 37 heavy (non-hydrogen) atoms. The SMILES string of the molecule is O=C(c1c(-c2ccccc2)c(-c2ccccc2)n[nH]c1=O)N1CCN(c2cnc3ccccc3n2)CC1. The Morgan fingerprint density at radius 3 is 2.08 bits per heavy atom. The van der Waals surface area contributed by atoms with Crippen molar-refractivity contribution in [3.05, 3.63) is 107 Å². The number of aromatic nitrogens is 4. The number of fused-ring (bicyclic) bond motifs is 1. The van der Waals surface area contributed by atoms with Crippen LogP contribution in [-0.2, 0) is 0 Å². The van der Waals surface area contributed by atoms with Crippen molar-refractivity contribution in [1.82, 2.24) is 25.1 Å². The van der Waals surface area contributed by atoms with Gasteiger partial charge in [-0.2, -0.15) is 5.10 Å². The number of H-pyrrole nitrogens is 1. The molecule has 0 atom stereocenters. The quantitative estimate of drug-likeness (QED) is 0.411. The van der Waals surface area contributed by atoms with Crippen molar-refractivity contribution in [2.75, 3.05) is 31.1 Å². The van der Waals surface area contributed by atoms with Crippen LogP contribution in [0.5, 0.6) is 0 Å². The van der Waals surface area contributed by atoms with Crippen LogP contribution in [0.4, 0.5) is 5.82 Å². The van der Waals surface area contributed by atoms with Crippen molar-refractivity contribution >= 4 is 22.8 Å². The van der Waals surface area contributed by atoms with Gasteiger partial charge >= 0.3 is 0 Å². The summed E-state index contributed by atoms with van der Waals surface area (Å²) >= 11 is 0. The number of anilines is 1. The lowest BCUT2D eigenvalue weighted by Gasteiger charge is -2.35. The standard InChI is InChI=1S/C29H24N6O2/c36-28-26(25(20-9-3-1-4-10-20)27(32-33-28)21-11-5-2-6-12-21)29(37)35-17-15-34(16-18-35)24-19-30-22-13-7-8-14-23(22)31-24/h1-14,19H,15-18H2,(H,33,36). The minimum Gasteiger partial charge on any atom is -0.352 e. The lowest BCUT2D eigenvalue weighted by molar-refractivity contribution is 0.0745. The molecule has 8 nitrogen and oxygen atoms in total. The third-order valence-corrected chi connectivity index (χ3v) is 6.63. The van der Waals surface area contributed by atoms with Gasteiger partial charge in [0.2, 0.25) is 0 Å². The number of benzene rings is 3. The zero-order valence-corrected chi connectivity index (χ0v) is 20.0. The van der Waals surface area contributed by atoms with Gasteiger partial charge in [0.25, 0.3) is 11.5 Å². The van der Waals surface area contributed by atoms with Crippen molar-refractivity contribution in [2.45, 2.75) is 0 Å². The lowest BCUT2D eigenvalue weighted by atomic mass is 9.95. The van der Waals surface area contributed by atoms with Crippen LogP contribution in [0, 0.1) is 0 Å². The van der Waals surface area contributed by atoms with Crippen LogP contribution in [0.25, 0.3) is 33.4 Å². The van der Waals surface area contributed by atoms with Crippen molar-refractivity contribution in [2.24, 2.45) is 0 Å². The summed E-state index contributed by atoms with van der Waals surface area (Å²) in [4.78, 5) is 40.0. The second-order valence-electron chi connectivity index (χ2n) is 8.88. The molecule has 0 unspecified atom stereocenters. The zero-order valence-electron chi connectivity index (χ0n) is 20.0. The molecule has 3 aromatic carbocycles. The van der Waals surface area contributed by atoms with Gasteiger partial charge < -0.3 is 9.80 Å². The molecule has 8 heteroatoms. The minimum absolute atomic E-state index is 0.110. The number of hydrogen-bond acceptors (Lipinski definition) is 6. The van der Waals surface area contributed by atoms with E-state index in [1.54, 1.807) is 11.1 Å². The van der Waals surface area contributed by atoms with Crippen LogP contribution in [0.15, 0.2) is 95.9 Å². The van der Waals surface area contributed by atoms with E-state index in [9.17, 15) is 9.59 Å². The molecule has 0 saturated carbocycles. The van der Waals surface area contributed by atoms with Gasteiger partial charge in [0.05, 0.1) is 22.9 Å². The maximum atomic E-state index is 13.8. The highest BCUT2D eigenvalue weighted by Gasteiger charge is 2.29. The van der Waals surface area contributed by atoms with E-state index in [0.29, 0.717) is 37.4 Å². The van der Waals surface area contributed by atoms with E-state index in [-0.39, 0.29) is 11.5 Å². The van der Waals surface area contributed by atoms with E-state index in [0.717, 1.165) is 28.0 Å². The first-order valence-corrected chi connectivity index (χ1v) is 12.2. The minimum atomic E-state index is -0.494. The molecule has 0 aliphatic carbocycles. The van der Waals surface area contributed by atoms with Crippen LogP contribution >= 0.6 is 0 Å². The fourth-order valence-corrected chi connectivity index (χ4v) is 4.74. The van der Waals surface area contributed by atoms with Crippen molar-refractivity contribution in [3.63, 3.8) is 0 Å². The van der Waals surface area contributed by atoms with Gasteiger partial charge in [0, 0.05) is 37.3 Å². The first-order chi connectivity index (χ1) is 18.2. The summed E-state index contributed by atoms with van der Waals surface area (Å²) in [7, 11) is 0. The zero-order chi connectivity index (χ0) is 25.2. The number of aromatic amines is 1. The summed E-state index contributed by atoms with van der Waals surface area (Å²) < 4.78 is 0. The Hall–Kier alpha value is -4.85. The second kappa shape index (κ2) is 9.66. The topological polar surface area (TPSA) is 95.1 Å². The van der Waals surface area contributed by atoms with Crippen molar-refractivity contribution in [3.8, 4) is 22.4 Å². The summed E-state index contributed by atoms with van der Waals surface area (Å²) in [6.07, 6.45) is 1.77. The van der Waals surface area contributed by atoms with Gasteiger partial charge in [0.1, 0.15) is 11.4 Å². The number of amides is 1. The number of nitrogens with zero attached hydrogens (tertiary/aromatic N) is 5. The fourth-order valence-electron chi connectivity index (χ4n) is 4.74. The molecular formula is C29H24N6O2. The van der Waals surface area contributed by atoms with E-state index in [2.05, 4.69) is 20.1 Å². The normalized spacial score (nSPS) is 13.6. The largest absolute Gasteiger partial charge is 0.352 e. The number of piperazine rings is 1. The van der Waals surface area contributed by atoms with Gasteiger partial charge in [-0.15, -0.1) is 0 Å². The Morgan fingerprint density at radius 2 is 1.38 bits per heavy atom. The first kappa shape index (κ1) is 22.6. The highest BCUT2D eigenvalue weighted by Crippen LogP contribution is 2.32. The molecule has 182 valence electrons.